The molecule has 0 saturated heterocycles. The highest BCUT2D eigenvalue weighted by atomic mass is 32.1. The minimum absolute atomic E-state index is 0.159. The Bertz CT molecular complexity index is 647. The zero-order valence-electron chi connectivity index (χ0n) is 10.8. The number of hydrogen-bond donors (Lipinski definition) is 0. The maximum atomic E-state index is 12.2. The molecule has 2 aromatic rings. The van der Waals surface area contributed by atoms with Crippen molar-refractivity contribution in [3.63, 3.8) is 0 Å². The average Bonchev–Trinajstić information content (AvgIpc) is 3.39. The highest BCUT2D eigenvalue weighted by Gasteiger charge is 2.57. The number of hydrogen-bond acceptors (Lipinski definition) is 6. The maximum absolute atomic E-state index is 12.2. The Labute approximate surface area is 120 Å². The van der Waals surface area contributed by atoms with Gasteiger partial charge in [-0.15, -0.1) is 11.3 Å². The SMILES string of the molecule is O=C(OC1(C2CC2)CC1)c1csc(-c2cnccn2)n1. The molecule has 20 heavy (non-hydrogen) atoms. The van der Waals surface area contributed by atoms with E-state index in [0.717, 1.165) is 12.8 Å². The van der Waals surface area contributed by atoms with E-state index in [1.54, 1.807) is 24.0 Å². The van der Waals surface area contributed by atoms with Crippen LogP contribution in [-0.2, 0) is 4.74 Å². The van der Waals surface area contributed by atoms with Gasteiger partial charge in [0.25, 0.3) is 0 Å². The van der Waals surface area contributed by atoms with Crippen molar-refractivity contribution >= 4 is 17.3 Å². The van der Waals surface area contributed by atoms with Crippen LogP contribution in [0.4, 0.5) is 0 Å². The van der Waals surface area contributed by atoms with Gasteiger partial charge in [0.2, 0.25) is 0 Å². The van der Waals surface area contributed by atoms with Crippen molar-refractivity contribution in [2.75, 3.05) is 0 Å². The number of thiazole rings is 1. The van der Waals surface area contributed by atoms with Gasteiger partial charge in [-0.2, -0.15) is 0 Å². The summed E-state index contributed by atoms with van der Waals surface area (Å²) in [6, 6.07) is 0. The summed E-state index contributed by atoms with van der Waals surface area (Å²) in [5.41, 5.74) is 0.899. The number of ether oxygens (including phenoxy) is 1. The second-order valence-corrected chi connectivity index (χ2v) is 6.22. The molecule has 2 fully saturated rings. The Morgan fingerprint density at radius 2 is 2.20 bits per heavy atom. The van der Waals surface area contributed by atoms with Crippen LogP contribution in [0, 0.1) is 5.92 Å². The Balaban J connectivity index is 1.52. The number of esters is 1. The molecule has 0 unspecified atom stereocenters. The van der Waals surface area contributed by atoms with E-state index in [1.807, 2.05) is 0 Å². The van der Waals surface area contributed by atoms with Gasteiger partial charge in [0.15, 0.2) is 5.69 Å². The second kappa shape index (κ2) is 4.34. The Morgan fingerprint density at radius 3 is 2.85 bits per heavy atom. The highest BCUT2D eigenvalue weighted by Crippen LogP contribution is 2.56. The van der Waals surface area contributed by atoms with E-state index >= 15 is 0 Å². The number of carbonyl (C=O) groups excluding carboxylic acids is 1. The smallest absolute Gasteiger partial charge is 0.358 e. The Morgan fingerprint density at radius 1 is 1.35 bits per heavy atom. The fraction of sp³-hybridized carbons (Fsp3) is 0.429. The van der Waals surface area contributed by atoms with E-state index in [2.05, 4.69) is 15.0 Å². The van der Waals surface area contributed by atoms with Crippen molar-refractivity contribution in [1.82, 2.24) is 15.0 Å². The Kier molecular flexibility index (Phi) is 2.60. The van der Waals surface area contributed by atoms with Gasteiger partial charge in [-0.3, -0.25) is 9.97 Å². The molecule has 0 bridgehead atoms. The first kappa shape index (κ1) is 12.0. The molecule has 4 rings (SSSR count). The lowest BCUT2D eigenvalue weighted by Gasteiger charge is -2.14. The van der Waals surface area contributed by atoms with Gasteiger partial charge >= 0.3 is 5.97 Å². The van der Waals surface area contributed by atoms with Gasteiger partial charge in [-0.05, 0) is 31.6 Å². The molecule has 2 aromatic heterocycles. The summed E-state index contributed by atoms with van der Waals surface area (Å²) < 4.78 is 5.68. The van der Waals surface area contributed by atoms with Gasteiger partial charge in [0.05, 0.1) is 6.20 Å². The summed E-state index contributed by atoms with van der Waals surface area (Å²) in [7, 11) is 0. The molecule has 2 heterocycles. The predicted octanol–water partition coefficient (Wildman–Crippen LogP) is 2.70. The van der Waals surface area contributed by atoms with Gasteiger partial charge in [-0.25, -0.2) is 9.78 Å². The molecule has 0 aromatic carbocycles. The van der Waals surface area contributed by atoms with E-state index in [1.165, 1.54) is 24.2 Å². The predicted molar refractivity (Wildman–Crippen MR) is 73.2 cm³/mol. The maximum Gasteiger partial charge on any atom is 0.358 e. The molecular formula is C14H13N3O2S. The molecule has 0 spiro atoms. The summed E-state index contributed by atoms with van der Waals surface area (Å²) >= 11 is 1.39. The van der Waals surface area contributed by atoms with E-state index in [-0.39, 0.29) is 11.6 Å². The van der Waals surface area contributed by atoms with E-state index in [0.29, 0.717) is 22.3 Å². The molecule has 2 aliphatic carbocycles. The third kappa shape index (κ3) is 2.10. The van der Waals surface area contributed by atoms with Crippen molar-refractivity contribution in [1.29, 1.82) is 0 Å². The lowest BCUT2D eigenvalue weighted by Crippen LogP contribution is -2.22. The van der Waals surface area contributed by atoms with Crippen LogP contribution < -0.4 is 0 Å². The first-order chi connectivity index (χ1) is 9.77. The van der Waals surface area contributed by atoms with Crippen LogP contribution in [-0.4, -0.2) is 26.5 Å². The van der Waals surface area contributed by atoms with Crippen LogP contribution in [0.2, 0.25) is 0 Å². The quantitative estimate of drug-likeness (QED) is 0.809. The molecule has 2 saturated carbocycles. The zero-order chi connectivity index (χ0) is 13.6. The van der Waals surface area contributed by atoms with Crippen LogP contribution in [0.5, 0.6) is 0 Å². The number of carbonyl (C=O) groups is 1. The van der Waals surface area contributed by atoms with Gasteiger partial charge in [0.1, 0.15) is 16.3 Å². The standard InChI is InChI=1S/C14H13N3O2S/c18-13(19-14(3-4-14)9-1-2-9)11-8-20-12(17-11)10-7-15-5-6-16-10/h5-9H,1-4H2. The molecule has 0 radical (unpaired) electrons. The van der Waals surface area contributed by atoms with Crippen LogP contribution in [0.15, 0.2) is 24.0 Å². The van der Waals surface area contributed by atoms with E-state index < -0.39 is 0 Å². The minimum atomic E-state index is -0.305. The van der Waals surface area contributed by atoms with Crippen molar-refractivity contribution in [2.45, 2.75) is 31.3 Å². The number of nitrogens with zero attached hydrogens (tertiary/aromatic N) is 3. The third-order valence-corrected chi connectivity index (χ3v) is 4.72. The summed E-state index contributed by atoms with van der Waals surface area (Å²) in [4.78, 5) is 24.7. The van der Waals surface area contributed by atoms with E-state index in [4.69, 9.17) is 4.74 Å². The van der Waals surface area contributed by atoms with Crippen molar-refractivity contribution in [3.05, 3.63) is 29.7 Å². The van der Waals surface area contributed by atoms with Crippen LogP contribution in [0.1, 0.15) is 36.2 Å². The molecule has 0 atom stereocenters. The minimum Gasteiger partial charge on any atom is -0.454 e. The van der Waals surface area contributed by atoms with Gasteiger partial charge in [0, 0.05) is 17.8 Å². The summed E-state index contributed by atoms with van der Waals surface area (Å²) in [5.74, 6) is 0.283. The second-order valence-electron chi connectivity index (χ2n) is 5.36. The average molecular weight is 287 g/mol. The molecule has 0 N–H and O–H groups in total. The van der Waals surface area contributed by atoms with Crippen molar-refractivity contribution in [3.8, 4) is 10.7 Å². The zero-order valence-corrected chi connectivity index (χ0v) is 11.6. The third-order valence-electron chi connectivity index (χ3n) is 3.86. The summed E-state index contributed by atoms with van der Waals surface area (Å²) in [6.45, 7) is 0. The van der Waals surface area contributed by atoms with Crippen LogP contribution >= 0.6 is 11.3 Å². The Hall–Kier alpha value is -1.82. The molecule has 102 valence electrons. The fourth-order valence-electron chi connectivity index (χ4n) is 2.46. The monoisotopic (exact) mass is 287 g/mol. The molecule has 6 heteroatoms. The van der Waals surface area contributed by atoms with Crippen molar-refractivity contribution < 1.29 is 9.53 Å². The normalized spacial score (nSPS) is 19.6. The van der Waals surface area contributed by atoms with Gasteiger partial charge in [-0.1, -0.05) is 0 Å². The molecule has 5 nitrogen and oxygen atoms in total. The highest BCUT2D eigenvalue weighted by molar-refractivity contribution is 7.13. The molecule has 2 aliphatic rings. The lowest BCUT2D eigenvalue weighted by atomic mass is 10.2. The molecule has 0 aliphatic heterocycles. The fourth-order valence-corrected chi connectivity index (χ4v) is 3.21. The first-order valence-electron chi connectivity index (χ1n) is 6.72. The number of aromatic nitrogens is 3. The lowest BCUT2D eigenvalue weighted by molar-refractivity contribution is 0.0154. The van der Waals surface area contributed by atoms with Crippen LogP contribution in [0.3, 0.4) is 0 Å². The number of rotatable bonds is 4. The first-order valence-corrected chi connectivity index (χ1v) is 7.60. The summed E-state index contributed by atoms with van der Waals surface area (Å²) in [5, 5.41) is 2.43. The molecular weight excluding hydrogens is 274 g/mol. The van der Waals surface area contributed by atoms with Crippen molar-refractivity contribution in [2.24, 2.45) is 5.92 Å². The largest absolute Gasteiger partial charge is 0.454 e. The van der Waals surface area contributed by atoms with Gasteiger partial charge < -0.3 is 4.74 Å². The van der Waals surface area contributed by atoms with Crippen LogP contribution in [0.25, 0.3) is 10.7 Å². The topological polar surface area (TPSA) is 65.0 Å². The van der Waals surface area contributed by atoms with E-state index in [9.17, 15) is 4.79 Å². The summed E-state index contributed by atoms with van der Waals surface area (Å²) in [6.07, 6.45) is 9.25. The molecule has 0 amide bonds.